The van der Waals surface area contributed by atoms with Crippen molar-refractivity contribution in [3.63, 3.8) is 0 Å². The standard InChI is InChI=1S/C16H24N6O/c1-4-17-16(19-11-15-21-20-12-22(15)5-2)18-10-13-8-6-7-9-14(13)23-3/h6-9,12H,4-5,10-11H2,1-3H3,(H2,17,18,19). The molecule has 0 unspecified atom stereocenters. The number of benzene rings is 1. The van der Waals surface area contributed by atoms with Crippen molar-refractivity contribution in [2.45, 2.75) is 33.5 Å². The van der Waals surface area contributed by atoms with Crippen molar-refractivity contribution in [2.75, 3.05) is 13.7 Å². The van der Waals surface area contributed by atoms with Crippen LogP contribution in [0.1, 0.15) is 25.2 Å². The highest BCUT2D eigenvalue weighted by Gasteiger charge is 2.05. The number of rotatable bonds is 7. The van der Waals surface area contributed by atoms with E-state index in [0.717, 1.165) is 36.2 Å². The van der Waals surface area contributed by atoms with Gasteiger partial charge in [0.1, 0.15) is 12.1 Å². The summed E-state index contributed by atoms with van der Waals surface area (Å²) in [5.41, 5.74) is 1.05. The summed E-state index contributed by atoms with van der Waals surface area (Å²) in [6.07, 6.45) is 1.73. The van der Waals surface area contributed by atoms with Gasteiger partial charge in [0.05, 0.1) is 20.2 Å². The molecule has 1 heterocycles. The molecule has 0 saturated heterocycles. The van der Waals surface area contributed by atoms with Gasteiger partial charge in [-0.05, 0) is 19.9 Å². The van der Waals surface area contributed by atoms with Gasteiger partial charge >= 0.3 is 0 Å². The molecule has 0 radical (unpaired) electrons. The smallest absolute Gasteiger partial charge is 0.191 e. The first kappa shape index (κ1) is 16.8. The lowest BCUT2D eigenvalue weighted by molar-refractivity contribution is 0.410. The molecule has 0 spiro atoms. The lowest BCUT2D eigenvalue weighted by Crippen LogP contribution is -2.37. The van der Waals surface area contributed by atoms with Crippen molar-refractivity contribution < 1.29 is 4.74 Å². The number of hydrogen-bond donors (Lipinski definition) is 2. The Labute approximate surface area is 136 Å². The molecule has 1 aromatic heterocycles. The summed E-state index contributed by atoms with van der Waals surface area (Å²) in [6, 6.07) is 7.89. The molecule has 0 amide bonds. The van der Waals surface area contributed by atoms with E-state index in [1.165, 1.54) is 0 Å². The molecule has 0 bridgehead atoms. The zero-order valence-corrected chi connectivity index (χ0v) is 13.9. The largest absolute Gasteiger partial charge is 0.496 e. The first-order chi connectivity index (χ1) is 11.3. The molecular weight excluding hydrogens is 292 g/mol. The third kappa shape index (κ3) is 4.70. The minimum Gasteiger partial charge on any atom is -0.496 e. The number of nitrogens with zero attached hydrogens (tertiary/aromatic N) is 4. The van der Waals surface area contributed by atoms with E-state index in [1.54, 1.807) is 13.4 Å². The topological polar surface area (TPSA) is 76.4 Å². The molecule has 7 nitrogen and oxygen atoms in total. The fourth-order valence-corrected chi connectivity index (χ4v) is 2.18. The van der Waals surface area contributed by atoms with Gasteiger partial charge in [0, 0.05) is 18.7 Å². The summed E-state index contributed by atoms with van der Waals surface area (Å²) in [4.78, 5) is 4.60. The number of ether oxygens (including phenoxy) is 1. The average molecular weight is 316 g/mol. The van der Waals surface area contributed by atoms with Gasteiger partial charge in [-0.1, -0.05) is 18.2 Å². The predicted molar refractivity (Wildman–Crippen MR) is 90.3 cm³/mol. The Morgan fingerprint density at radius 3 is 2.83 bits per heavy atom. The molecular formula is C16H24N6O. The number of guanidine groups is 1. The van der Waals surface area contributed by atoms with E-state index in [1.807, 2.05) is 35.8 Å². The van der Waals surface area contributed by atoms with Crippen molar-refractivity contribution in [3.8, 4) is 5.75 Å². The van der Waals surface area contributed by atoms with Crippen LogP contribution in [0.15, 0.2) is 35.6 Å². The molecule has 0 aliphatic carbocycles. The monoisotopic (exact) mass is 316 g/mol. The fraction of sp³-hybridized carbons (Fsp3) is 0.438. The van der Waals surface area contributed by atoms with Gasteiger partial charge in [0.2, 0.25) is 0 Å². The maximum absolute atomic E-state index is 5.36. The number of aromatic nitrogens is 3. The minimum atomic E-state index is 0.541. The van der Waals surface area contributed by atoms with Gasteiger partial charge in [-0.2, -0.15) is 0 Å². The van der Waals surface area contributed by atoms with E-state index in [-0.39, 0.29) is 0 Å². The Morgan fingerprint density at radius 2 is 2.09 bits per heavy atom. The van der Waals surface area contributed by atoms with Crippen LogP contribution in [-0.2, 0) is 19.6 Å². The molecule has 2 rings (SSSR count). The lowest BCUT2D eigenvalue weighted by Gasteiger charge is -2.12. The van der Waals surface area contributed by atoms with Crippen LogP contribution in [0.3, 0.4) is 0 Å². The summed E-state index contributed by atoms with van der Waals surface area (Å²) in [7, 11) is 1.67. The maximum Gasteiger partial charge on any atom is 0.191 e. The van der Waals surface area contributed by atoms with Crippen LogP contribution in [0, 0.1) is 0 Å². The van der Waals surface area contributed by atoms with Gasteiger partial charge in [0.15, 0.2) is 11.8 Å². The van der Waals surface area contributed by atoms with Gasteiger partial charge in [-0.3, -0.25) is 0 Å². The van der Waals surface area contributed by atoms with E-state index in [4.69, 9.17) is 4.74 Å². The molecule has 0 fully saturated rings. The van der Waals surface area contributed by atoms with Gasteiger partial charge in [-0.15, -0.1) is 10.2 Å². The summed E-state index contributed by atoms with van der Waals surface area (Å²) in [5, 5.41) is 14.6. The molecule has 124 valence electrons. The first-order valence-electron chi connectivity index (χ1n) is 7.79. The number of methoxy groups -OCH3 is 1. The Kier molecular flexibility index (Phi) is 6.40. The van der Waals surface area contributed by atoms with Crippen LogP contribution in [0.5, 0.6) is 5.75 Å². The number of aryl methyl sites for hydroxylation is 1. The van der Waals surface area contributed by atoms with E-state index in [0.29, 0.717) is 13.1 Å². The van der Waals surface area contributed by atoms with Crippen LogP contribution in [0.25, 0.3) is 0 Å². The zero-order chi connectivity index (χ0) is 16.5. The van der Waals surface area contributed by atoms with Gasteiger partial charge in [-0.25, -0.2) is 4.99 Å². The molecule has 2 aromatic rings. The third-order valence-corrected chi connectivity index (χ3v) is 3.39. The number of hydrogen-bond acceptors (Lipinski definition) is 4. The summed E-state index contributed by atoms with van der Waals surface area (Å²) < 4.78 is 7.35. The molecule has 23 heavy (non-hydrogen) atoms. The molecule has 7 heteroatoms. The van der Waals surface area contributed by atoms with Crippen LogP contribution < -0.4 is 15.4 Å². The summed E-state index contributed by atoms with van der Waals surface area (Å²) in [5.74, 6) is 2.47. The quantitative estimate of drug-likeness (QED) is 0.599. The molecule has 0 atom stereocenters. The lowest BCUT2D eigenvalue weighted by atomic mass is 10.2. The molecule has 1 aromatic carbocycles. The van der Waals surface area contributed by atoms with E-state index >= 15 is 0 Å². The normalized spacial score (nSPS) is 11.3. The molecule has 0 saturated carbocycles. The number of nitrogens with one attached hydrogen (secondary N) is 2. The molecule has 0 aliphatic rings. The highest BCUT2D eigenvalue weighted by atomic mass is 16.5. The van der Waals surface area contributed by atoms with Crippen molar-refractivity contribution in [1.82, 2.24) is 25.4 Å². The van der Waals surface area contributed by atoms with Crippen LogP contribution in [-0.4, -0.2) is 34.4 Å². The minimum absolute atomic E-state index is 0.541. The van der Waals surface area contributed by atoms with E-state index in [2.05, 4.69) is 32.7 Å². The molecule has 0 aliphatic heterocycles. The maximum atomic E-state index is 5.36. The third-order valence-electron chi connectivity index (χ3n) is 3.39. The summed E-state index contributed by atoms with van der Waals surface area (Å²) >= 11 is 0. The van der Waals surface area contributed by atoms with E-state index in [9.17, 15) is 0 Å². The Balaban J connectivity index is 2.02. The van der Waals surface area contributed by atoms with Crippen molar-refractivity contribution >= 4 is 5.96 Å². The number of aliphatic imine (C=N–C) groups is 1. The first-order valence-corrected chi connectivity index (χ1v) is 7.79. The van der Waals surface area contributed by atoms with Gasteiger partial charge in [0.25, 0.3) is 0 Å². The van der Waals surface area contributed by atoms with Crippen LogP contribution in [0.2, 0.25) is 0 Å². The van der Waals surface area contributed by atoms with Crippen molar-refractivity contribution in [1.29, 1.82) is 0 Å². The number of para-hydroxylation sites is 1. The Hall–Kier alpha value is -2.57. The van der Waals surface area contributed by atoms with Crippen molar-refractivity contribution in [2.24, 2.45) is 4.99 Å². The van der Waals surface area contributed by atoms with Crippen LogP contribution in [0.4, 0.5) is 0 Å². The van der Waals surface area contributed by atoms with Crippen LogP contribution >= 0.6 is 0 Å². The second kappa shape index (κ2) is 8.77. The predicted octanol–water partition coefficient (Wildman–Crippen LogP) is 1.56. The summed E-state index contributed by atoms with van der Waals surface area (Å²) in [6.45, 7) is 6.85. The fourth-order valence-electron chi connectivity index (χ4n) is 2.18. The Morgan fingerprint density at radius 1 is 1.26 bits per heavy atom. The van der Waals surface area contributed by atoms with E-state index < -0.39 is 0 Å². The average Bonchev–Trinajstić information content (AvgIpc) is 3.05. The SMILES string of the molecule is CCNC(=NCc1ccccc1OC)NCc1nncn1CC. The Bertz CT molecular complexity index is 637. The van der Waals surface area contributed by atoms with Gasteiger partial charge < -0.3 is 19.9 Å². The second-order valence-electron chi connectivity index (χ2n) is 4.89. The van der Waals surface area contributed by atoms with Crippen molar-refractivity contribution in [3.05, 3.63) is 42.0 Å². The zero-order valence-electron chi connectivity index (χ0n) is 13.9. The molecule has 2 N–H and O–H groups in total. The highest BCUT2D eigenvalue weighted by molar-refractivity contribution is 5.79. The highest BCUT2D eigenvalue weighted by Crippen LogP contribution is 2.17. The second-order valence-corrected chi connectivity index (χ2v) is 4.89.